The van der Waals surface area contributed by atoms with Crippen LogP contribution < -0.4 is 4.74 Å². The van der Waals surface area contributed by atoms with Gasteiger partial charge in [-0.1, -0.05) is 30.3 Å². The first-order chi connectivity index (χ1) is 9.99. The summed E-state index contributed by atoms with van der Waals surface area (Å²) in [5.41, 5.74) is 0.857. The van der Waals surface area contributed by atoms with Crippen LogP contribution in [0.3, 0.4) is 0 Å². The molecule has 0 bridgehead atoms. The molecule has 6 heteroatoms. The SMILES string of the molecule is CC(=O)c1c(I)cc(OCc2ccccc2)cc1[N+](=O)[O-]. The topological polar surface area (TPSA) is 69.4 Å². The van der Waals surface area contributed by atoms with Gasteiger partial charge in [0.1, 0.15) is 17.9 Å². The van der Waals surface area contributed by atoms with E-state index in [1.807, 2.05) is 52.9 Å². The molecule has 0 saturated carbocycles. The summed E-state index contributed by atoms with van der Waals surface area (Å²) >= 11 is 1.91. The van der Waals surface area contributed by atoms with Crippen molar-refractivity contribution in [2.45, 2.75) is 13.5 Å². The number of carbonyl (C=O) groups is 1. The van der Waals surface area contributed by atoms with Crippen LogP contribution in [0.2, 0.25) is 0 Å². The lowest BCUT2D eigenvalue weighted by atomic mass is 10.1. The number of Topliss-reactive ketones (excluding diaryl/α,β-unsaturated/α-hetero) is 1. The van der Waals surface area contributed by atoms with Gasteiger partial charge in [0.2, 0.25) is 0 Å². The Morgan fingerprint density at radius 2 is 1.95 bits per heavy atom. The van der Waals surface area contributed by atoms with Gasteiger partial charge in [-0.2, -0.15) is 0 Å². The Bertz CT molecular complexity index is 686. The Balaban J connectivity index is 2.29. The number of carbonyl (C=O) groups excluding carboxylic acids is 1. The summed E-state index contributed by atoms with van der Waals surface area (Å²) in [6.07, 6.45) is 0. The highest BCUT2D eigenvalue weighted by molar-refractivity contribution is 14.1. The smallest absolute Gasteiger partial charge is 0.284 e. The molecule has 0 aliphatic rings. The summed E-state index contributed by atoms with van der Waals surface area (Å²) in [4.78, 5) is 22.1. The third-order valence-electron chi connectivity index (χ3n) is 2.84. The van der Waals surface area contributed by atoms with Gasteiger partial charge in [0.05, 0.1) is 11.0 Å². The lowest BCUT2D eigenvalue weighted by molar-refractivity contribution is -0.385. The van der Waals surface area contributed by atoms with Gasteiger partial charge in [-0.05, 0) is 41.1 Å². The molecule has 0 spiro atoms. The molecule has 0 aliphatic heterocycles. The molecule has 0 atom stereocenters. The number of ketones is 1. The molecule has 0 unspecified atom stereocenters. The zero-order chi connectivity index (χ0) is 15.4. The van der Waals surface area contributed by atoms with Gasteiger partial charge in [0.15, 0.2) is 5.78 Å². The Hall–Kier alpha value is -1.96. The first-order valence-electron chi connectivity index (χ1n) is 6.14. The van der Waals surface area contributed by atoms with Gasteiger partial charge in [-0.3, -0.25) is 14.9 Å². The molecular weight excluding hydrogens is 385 g/mol. The predicted molar refractivity (Wildman–Crippen MR) is 86.6 cm³/mol. The minimum absolute atomic E-state index is 0.118. The molecule has 108 valence electrons. The van der Waals surface area contributed by atoms with Crippen LogP contribution in [0.4, 0.5) is 5.69 Å². The van der Waals surface area contributed by atoms with E-state index in [-0.39, 0.29) is 17.0 Å². The predicted octanol–water partition coefficient (Wildman–Crippen LogP) is 3.98. The molecule has 2 aromatic carbocycles. The second-order valence-electron chi connectivity index (χ2n) is 4.39. The molecule has 0 heterocycles. The van der Waals surface area contributed by atoms with Crippen molar-refractivity contribution in [3.63, 3.8) is 0 Å². The Morgan fingerprint density at radius 1 is 1.29 bits per heavy atom. The first kappa shape index (κ1) is 15.4. The van der Waals surface area contributed by atoms with Gasteiger partial charge in [-0.15, -0.1) is 0 Å². The van der Waals surface area contributed by atoms with Crippen molar-refractivity contribution >= 4 is 34.1 Å². The summed E-state index contributed by atoms with van der Waals surface area (Å²) in [5, 5.41) is 11.1. The van der Waals surface area contributed by atoms with Gasteiger partial charge < -0.3 is 4.74 Å². The average molecular weight is 397 g/mol. The monoisotopic (exact) mass is 397 g/mol. The van der Waals surface area contributed by atoms with Crippen molar-refractivity contribution in [1.82, 2.24) is 0 Å². The maximum Gasteiger partial charge on any atom is 0.284 e. The van der Waals surface area contributed by atoms with E-state index in [2.05, 4.69) is 0 Å². The molecule has 21 heavy (non-hydrogen) atoms. The Labute approximate surface area is 135 Å². The maximum atomic E-state index is 11.5. The zero-order valence-electron chi connectivity index (χ0n) is 11.2. The van der Waals surface area contributed by atoms with Crippen LogP contribution in [-0.4, -0.2) is 10.7 Å². The first-order valence-corrected chi connectivity index (χ1v) is 7.22. The molecule has 0 N–H and O–H groups in total. The van der Waals surface area contributed by atoms with Gasteiger partial charge in [-0.25, -0.2) is 0 Å². The van der Waals surface area contributed by atoms with E-state index < -0.39 is 4.92 Å². The fraction of sp³-hybridized carbons (Fsp3) is 0.133. The summed E-state index contributed by atoms with van der Waals surface area (Å²) in [5.74, 6) is 0.0423. The molecule has 0 saturated heterocycles. The largest absolute Gasteiger partial charge is 0.489 e. The van der Waals surface area contributed by atoms with Crippen LogP contribution in [-0.2, 0) is 6.61 Å². The molecule has 0 aromatic heterocycles. The summed E-state index contributed by atoms with van der Waals surface area (Å²) in [7, 11) is 0. The number of benzene rings is 2. The number of nitro benzene ring substituents is 1. The van der Waals surface area contributed by atoms with E-state index in [1.54, 1.807) is 6.07 Å². The van der Waals surface area contributed by atoms with E-state index in [0.717, 1.165) is 5.56 Å². The van der Waals surface area contributed by atoms with Crippen LogP contribution in [0.15, 0.2) is 42.5 Å². The van der Waals surface area contributed by atoms with E-state index in [9.17, 15) is 14.9 Å². The highest BCUT2D eigenvalue weighted by Gasteiger charge is 2.22. The van der Waals surface area contributed by atoms with Crippen LogP contribution in [0.1, 0.15) is 22.8 Å². The normalized spacial score (nSPS) is 10.2. The molecule has 2 rings (SSSR count). The van der Waals surface area contributed by atoms with Crippen LogP contribution in [0.25, 0.3) is 0 Å². The molecule has 0 fully saturated rings. The number of nitro groups is 1. The second-order valence-corrected chi connectivity index (χ2v) is 5.55. The third kappa shape index (κ3) is 3.78. The fourth-order valence-electron chi connectivity index (χ4n) is 1.88. The summed E-state index contributed by atoms with van der Waals surface area (Å²) < 4.78 is 6.09. The number of hydrogen-bond acceptors (Lipinski definition) is 4. The zero-order valence-corrected chi connectivity index (χ0v) is 13.4. The number of hydrogen-bond donors (Lipinski definition) is 0. The highest BCUT2D eigenvalue weighted by atomic mass is 127. The molecular formula is C15H12INO4. The molecule has 5 nitrogen and oxygen atoms in total. The van der Waals surface area contributed by atoms with Crippen LogP contribution in [0.5, 0.6) is 5.75 Å². The van der Waals surface area contributed by atoms with Crippen molar-refractivity contribution in [2.24, 2.45) is 0 Å². The van der Waals surface area contributed by atoms with E-state index in [4.69, 9.17) is 4.74 Å². The lowest BCUT2D eigenvalue weighted by Crippen LogP contribution is -2.04. The maximum absolute atomic E-state index is 11.5. The summed E-state index contributed by atoms with van der Waals surface area (Å²) in [6.45, 7) is 1.63. The number of rotatable bonds is 5. The minimum atomic E-state index is -0.561. The van der Waals surface area contributed by atoms with Crippen LogP contribution >= 0.6 is 22.6 Å². The Morgan fingerprint density at radius 3 is 2.52 bits per heavy atom. The quantitative estimate of drug-likeness (QED) is 0.331. The minimum Gasteiger partial charge on any atom is -0.489 e. The van der Waals surface area contributed by atoms with Gasteiger partial charge in [0.25, 0.3) is 5.69 Å². The number of halogens is 1. The fourth-order valence-corrected chi connectivity index (χ4v) is 2.85. The molecule has 0 aliphatic carbocycles. The van der Waals surface area contributed by atoms with E-state index >= 15 is 0 Å². The van der Waals surface area contributed by atoms with Crippen molar-refractivity contribution in [3.05, 3.63) is 67.3 Å². The highest BCUT2D eigenvalue weighted by Crippen LogP contribution is 2.30. The Kier molecular flexibility index (Phi) is 4.89. The number of nitrogens with zero attached hydrogens (tertiary/aromatic N) is 1. The van der Waals surface area contributed by atoms with E-state index in [0.29, 0.717) is 15.9 Å². The standard InChI is InChI=1S/C15H12INO4/c1-10(18)15-13(16)7-12(8-14(15)17(19)20)21-9-11-5-3-2-4-6-11/h2-8H,9H2,1H3. The summed E-state index contributed by atoms with van der Waals surface area (Å²) in [6, 6.07) is 12.4. The van der Waals surface area contributed by atoms with Gasteiger partial charge in [0, 0.05) is 3.57 Å². The van der Waals surface area contributed by atoms with Crippen molar-refractivity contribution in [2.75, 3.05) is 0 Å². The average Bonchev–Trinajstić information content (AvgIpc) is 2.45. The third-order valence-corrected chi connectivity index (χ3v) is 3.69. The van der Waals surface area contributed by atoms with Crippen molar-refractivity contribution in [1.29, 1.82) is 0 Å². The van der Waals surface area contributed by atoms with Crippen molar-refractivity contribution < 1.29 is 14.5 Å². The van der Waals surface area contributed by atoms with Gasteiger partial charge >= 0.3 is 0 Å². The molecule has 2 aromatic rings. The molecule has 0 radical (unpaired) electrons. The van der Waals surface area contributed by atoms with E-state index in [1.165, 1.54) is 13.0 Å². The molecule has 0 amide bonds. The number of ether oxygens (including phenoxy) is 1. The second kappa shape index (κ2) is 6.66. The lowest BCUT2D eigenvalue weighted by Gasteiger charge is -2.09. The van der Waals surface area contributed by atoms with Crippen LogP contribution in [0, 0.1) is 13.7 Å². The van der Waals surface area contributed by atoms with Crippen molar-refractivity contribution in [3.8, 4) is 5.75 Å².